The molecule has 0 bridgehead atoms. The van der Waals surface area contributed by atoms with Crippen LogP contribution in [0, 0.1) is 5.92 Å². The number of alkyl carbamates (subject to hydrolysis) is 1. The summed E-state index contributed by atoms with van der Waals surface area (Å²) in [6.07, 6.45) is 6.34. The lowest BCUT2D eigenvalue weighted by Gasteiger charge is -2.26. The van der Waals surface area contributed by atoms with Gasteiger partial charge in [0, 0.05) is 6.54 Å². The van der Waals surface area contributed by atoms with E-state index in [4.69, 9.17) is 9.47 Å². The summed E-state index contributed by atoms with van der Waals surface area (Å²) in [7, 11) is 0. The summed E-state index contributed by atoms with van der Waals surface area (Å²) < 4.78 is 11.2. The third-order valence-electron chi connectivity index (χ3n) is 4.95. The Morgan fingerprint density at radius 1 is 1.19 bits per heavy atom. The van der Waals surface area contributed by atoms with Crippen LogP contribution in [0.4, 0.5) is 4.79 Å². The molecule has 152 valence electrons. The molecule has 27 heavy (non-hydrogen) atoms. The molecule has 0 spiro atoms. The van der Waals surface area contributed by atoms with Gasteiger partial charge in [0.2, 0.25) is 0 Å². The van der Waals surface area contributed by atoms with Crippen molar-refractivity contribution in [3.8, 4) is 5.75 Å². The predicted molar refractivity (Wildman–Crippen MR) is 107 cm³/mol. The van der Waals surface area contributed by atoms with Crippen molar-refractivity contribution in [3.05, 3.63) is 29.8 Å². The van der Waals surface area contributed by atoms with Gasteiger partial charge in [-0.15, -0.1) is 0 Å². The van der Waals surface area contributed by atoms with E-state index in [1.807, 2.05) is 45.0 Å². The first-order valence-electron chi connectivity index (χ1n) is 10.1. The molecule has 0 heterocycles. The van der Waals surface area contributed by atoms with E-state index in [0.717, 1.165) is 17.9 Å². The predicted octanol–water partition coefficient (Wildman–Crippen LogP) is 4.77. The molecule has 2 N–H and O–H groups in total. The fourth-order valence-electron chi connectivity index (χ4n) is 3.36. The van der Waals surface area contributed by atoms with Gasteiger partial charge in [-0.05, 0) is 70.6 Å². The highest BCUT2D eigenvalue weighted by atomic mass is 16.6. The molecule has 1 amide bonds. The number of amides is 1. The van der Waals surface area contributed by atoms with E-state index in [9.17, 15) is 9.90 Å². The molecule has 5 nitrogen and oxygen atoms in total. The molecule has 1 saturated carbocycles. The lowest BCUT2D eigenvalue weighted by molar-refractivity contribution is 0.0388. The van der Waals surface area contributed by atoms with Crippen LogP contribution in [0.2, 0.25) is 0 Å². The van der Waals surface area contributed by atoms with Crippen LogP contribution < -0.4 is 10.1 Å². The minimum atomic E-state index is -1.06. The van der Waals surface area contributed by atoms with Crippen molar-refractivity contribution in [1.82, 2.24) is 5.32 Å². The third kappa shape index (κ3) is 7.79. The molecule has 0 aromatic heterocycles. The van der Waals surface area contributed by atoms with Gasteiger partial charge in [0.05, 0.1) is 12.2 Å². The number of carbonyl (C=O) groups is 1. The van der Waals surface area contributed by atoms with Gasteiger partial charge in [-0.3, -0.25) is 0 Å². The van der Waals surface area contributed by atoms with E-state index in [-0.39, 0.29) is 0 Å². The molecule has 5 heteroatoms. The minimum Gasteiger partial charge on any atom is -0.493 e. The number of nitrogens with one attached hydrogen (secondary N) is 1. The first kappa shape index (κ1) is 21.5. The smallest absolute Gasteiger partial charge is 0.407 e. The Morgan fingerprint density at radius 2 is 1.89 bits per heavy atom. The molecule has 0 aliphatic heterocycles. The SMILES string of the molecule is CC(C)(C)OC(=O)NCCC(C)(O)c1cccc(OCC2CCCCC2)c1. The number of carbonyl (C=O) groups excluding carboxylic acids is 1. The van der Waals surface area contributed by atoms with Gasteiger partial charge < -0.3 is 19.9 Å². The lowest BCUT2D eigenvalue weighted by atomic mass is 9.90. The van der Waals surface area contributed by atoms with Crippen LogP contribution in [0.3, 0.4) is 0 Å². The van der Waals surface area contributed by atoms with Gasteiger partial charge in [0.15, 0.2) is 0 Å². The Hall–Kier alpha value is -1.75. The molecule has 0 saturated heterocycles. The standard InChI is InChI=1S/C22H35NO4/c1-21(2,3)27-20(24)23-14-13-22(4,25)18-11-8-12-19(15-18)26-16-17-9-6-5-7-10-17/h8,11-12,15,17,25H,5-7,9-10,13-14,16H2,1-4H3,(H,23,24). The summed E-state index contributed by atoms with van der Waals surface area (Å²) in [6, 6.07) is 7.62. The molecular formula is C22H35NO4. The van der Waals surface area contributed by atoms with Crippen molar-refractivity contribution in [1.29, 1.82) is 0 Å². The van der Waals surface area contributed by atoms with Crippen molar-refractivity contribution < 1.29 is 19.4 Å². The average Bonchev–Trinajstić information content (AvgIpc) is 2.59. The zero-order chi connectivity index (χ0) is 19.9. The maximum absolute atomic E-state index is 11.7. The highest BCUT2D eigenvalue weighted by Crippen LogP contribution is 2.29. The quantitative estimate of drug-likeness (QED) is 0.718. The van der Waals surface area contributed by atoms with Crippen LogP contribution in [0.1, 0.15) is 71.8 Å². The first-order chi connectivity index (χ1) is 12.7. The summed E-state index contributed by atoms with van der Waals surface area (Å²) in [5.41, 5.74) is -0.801. The van der Waals surface area contributed by atoms with E-state index in [1.54, 1.807) is 6.92 Å². The average molecular weight is 378 g/mol. The van der Waals surface area contributed by atoms with Crippen LogP contribution in [0.15, 0.2) is 24.3 Å². The molecular weight excluding hydrogens is 342 g/mol. The van der Waals surface area contributed by atoms with E-state index < -0.39 is 17.3 Å². The van der Waals surface area contributed by atoms with E-state index in [0.29, 0.717) is 18.9 Å². The second kappa shape index (κ2) is 9.45. The fraction of sp³-hybridized carbons (Fsp3) is 0.682. The maximum atomic E-state index is 11.7. The zero-order valence-corrected chi connectivity index (χ0v) is 17.2. The van der Waals surface area contributed by atoms with Crippen molar-refractivity contribution >= 4 is 6.09 Å². The van der Waals surface area contributed by atoms with Gasteiger partial charge in [0.25, 0.3) is 0 Å². The largest absolute Gasteiger partial charge is 0.493 e. The minimum absolute atomic E-state index is 0.328. The first-order valence-corrected chi connectivity index (χ1v) is 10.1. The van der Waals surface area contributed by atoms with Crippen LogP contribution in [0.5, 0.6) is 5.75 Å². The number of hydrogen-bond donors (Lipinski definition) is 2. The van der Waals surface area contributed by atoms with Crippen molar-refractivity contribution in [2.24, 2.45) is 5.92 Å². The van der Waals surface area contributed by atoms with Gasteiger partial charge >= 0.3 is 6.09 Å². The number of ether oxygens (including phenoxy) is 2. The van der Waals surface area contributed by atoms with Gasteiger partial charge in [-0.1, -0.05) is 31.4 Å². The zero-order valence-electron chi connectivity index (χ0n) is 17.2. The highest BCUT2D eigenvalue weighted by Gasteiger charge is 2.24. The maximum Gasteiger partial charge on any atom is 0.407 e. The number of rotatable bonds is 7. The van der Waals surface area contributed by atoms with Crippen molar-refractivity contribution in [2.45, 2.75) is 77.4 Å². The molecule has 1 aromatic rings. The monoisotopic (exact) mass is 377 g/mol. The van der Waals surface area contributed by atoms with Crippen molar-refractivity contribution in [2.75, 3.05) is 13.2 Å². The van der Waals surface area contributed by atoms with Gasteiger partial charge in [-0.2, -0.15) is 0 Å². The Kier molecular flexibility index (Phi) is 7.54. The van der Waals surface area contributed by atoms with E-state index in [2.05, 4.69) is 5.32 Å². The van der Waals surface area contributed by atoms with Gasteiger partial charge in [-0.25, -0.2) is 4.79 Å². The molecule has 1 atom stereocenters. The fourth-order valence-corrected chi connectivity index (χ4v) is 3.36. The molecule has 0 radical (unpaired) electrons. The summed E-state index contributed by atoms with van der Waals surface area (Å²) in [6.45, 7) is 8.29. The topological polar surface area (TPSA) is 67.8 Å². The second-order valence-electron chi connectivity index (χ2n) is 8.80. The number of benzene rings is 1. The Labute approximate surface area is 163 Å². The Morgan fingerprint density at radius 3 is 2.56 bits per heavy atom. The van der Waals surface area contributed by atoms with Gasteiger partial charge in [0.1, 0.15) is 11.4 Å². The highest BCUT2D eigenvalue weighted by molar-refractivity contribution is 5.67. The summed E-state index contributed by atoms with van der Waals surface area (Å²) >= 11 is 0. The molecule has 1 fully saturated rings. The summed E-state index contributed by atoms with van der Waals surface area (Å²) in [5, 5.41) is 13.5. The van der Waals surface area contributed by atoms with Crippen LogP contribution in [-0.4, -0.2) is 30.0 Å². The third-order valence-corrected chi connectivity index (χ3v) is 4.95. The van der Waals surface area contributed by atoms with E-state index in [1.165, 1.54) is 32.1 Å². The molecule has 1 aromatic carbocycles. The normalized spacial score (nSPS) is 17.8. The molecule has 1 aliphatic carbocycles. The van der Waals surface area contributed by atoms with Crippen LogP contribution in [-0.2, 0) is 10.3 Å². The second-order valence-corrected chi connectivity index (χ2v) is 8.80. The van der Waals surface area contributed by atoms with Crippen molar-refractivity contribution in [3.63, 3.8) is 0 Å². The summed E-state index contributed by atoms with van der Waals surface area (Å²) in [4.78, 5) is 11.7. The Balaban J connectivity index is 1.84. The van der Waals surface area contributed by atoms with E-state index >= 15 is 0 Å². The molecule has 1 aliphatic rings. The number of aliphatic hydroxyl groups is 1. The van der Waals surface area contributed by atoms with Crippen LogP contribution in [0.25, 0.3) is 0 Å². The molecule has 1 unspecified atom stereocenters. The van der Waals surface area contributed by atoms with Crippen LogP contribution >= 0.6 is 0 Å². The Bertz CT molecular complexity index is 601. The summed E-state index contributed by atoms with van der Waals surface area (Å²) in [5.74, 6) is 1.43. The lowest BCUT2D eigenvalue weighted by Crippen LogP contribution is -2.35. The molecule has 2 rings (SSSR count). The number of hydrogen-bond acceptors (Lipinski definition) is 4.